The lowest BCUT2D eigenvalue weighted by molar-refractivity contribution is 0.272. The van der Waals surface area contributed by atoms with Gasteiger partial charge in [-0.1, -0.05) is 11.6 Å². The summed E-state index contributed by atoms with van der Waals surface area (Å²) < 4.78 is 0.835. The Kier molecular flexibility index (Phi) is 3.82. The molecule has 88 valence electrons. The molecule has 0 aliphatic carbocycles. The van der Waals surface area contributed by atoms with Crippen molar-refractivity contribution in [3.05, 3.63) is 21.4 Å². The Labute approximate surface area is 109 Å². The standard InChI is InChI=1S/C11H15BrClN3/c1-7(2)16-4-3-8(6-16)10-5-9(12)11(13)15-14-10/h5,7-8H,3-4,6H2,1-2H3. The normalized spacial score (nSPS) is 21.9. The van der Waals surface area contributed by atoms with Crippen LogP contribution in [0.15, 0.2) is 10.5 Å². The first-order chi connectivity index (χ1) is 7.58. The maximum Gasteiger partial charge on any atom is 0.165 e. The molecule has 2 rings (SSSR count). The van der Waals surface area contributed by atoms with Gasteiger partial charge < -0.3 is 4.90 Å². The average molecular weight is 305 g/mol. The summed E-state index contributed by atoms with van der Waals surface area (Å²) in [6.07, 6.45) is 1.15. The van der Waals surface area contributed by atoms with Crippen LogP contribution in [-0.2, 0) is 0 Å². The van der Waals surface area contributed by atoms with Gasteiger partial charge in [0.2, 0.25) is 0 Å². The van der Waals surface area contributed by atoms with Gasteiger partial charge in [-0.25, -0.2) is 0 Å². The summed E-state index contributed by atoms with van der Waals surface area (Å²) >= 11 is 9.22. The number of halogens is 2. The number of nitrogens with zero attached hydrogens (tertiary/aromatic N) is 3. The third-order valence-electron chi connectivity index (χ3n) is 3.09. The minimum Gasteiger partial charge on any atom is -0.300 e. The summed E-state index contributed by atoms with van der Waals surface area (Å²) in [5.41, 5.74) is 1.04. The lowest BCUT2D eigenvalue weighted by Crippen LogP contribution is -2.28. The van der Waals surface area contributed by atoms with Crippen LogP contribution in [-0.4, -0.2) is 34.2 Å². The Morgan fingerprint density at radius 2 is 2.25 bits per heavy atom. The van der Waals surface area contributed by atoms with Gasteiger partial charge >= 0.3 is 0 Å². The van der Waals surface area contributed by atoms with Gasteiger partial charge in [0, 0.05) is 18.5 Å². The highest BCUT2D eigenvalue weighted by Gasteiger charge is 2.26. The van der Waals surface area contributed by atoms with Crippen LogP contribution in [0.25, 0.3) is 0 Å². The van der Waals surface area contributed by atoms with E-state index in [2.05, 4.69) is 44.9 Å². The summed E-state index contributed by atoms with van der Waals surface area (Å²) in [6, 6.07) is 2.60. The molecular weight excluding hydrogens is 289 g/mol. The summed E-state index contributed by atoms with van der Waals surface area (Å²) in [6.45, 7) is 6.67. The fourth-order valence-corrected chi connectivity index (χ4v) is 2.47. The minimum absolute atomic E-state index is 0.433. The molecule has 1 aromatic heterocycles. The third kappa shape index (κ3) is 2.55. The van der Waals surface area contributed by atoms with E-state index in [0.717, 1.165) is 29.7 Å². The predicted molar refractivity (Wildman–Crippen MR) is 68.8 cm³/mol. The molecule has 1 fully saturated rings. The molecule has 1 atom stereocenters. The van der Waals surface area contributed by atoms with Gasteiger partial charge in [0.15, 0.2) is 5.15 Å². The van der Waals surface area contributed by atoms with Crippen LogP contribution in [0, 0.1) is 0 Å². The molecule has 0 amide bonds. The molecule has 1 saturated heterocycles. The van der Waals surface area contributed by atoms with Crippen molar-refractivity contribution in [1.82, 2.24) is 15.1 Å². The van der Waals surface area contributed by atoms with E-state index < -0.39 is 0 Å². The number of hydrogen-bond donors (Lipinski definition) is 0. The zero-order valence-electron chi connectivity index (χ0n) is 9.45. The maximum absolute atomic E-state index is 5.84. The highest BCUT2D eigenvalue weighted by molar-refractivity contribution is 9.10. The summed E-state index contributed by atoms with van der Waals surface area (Å²) in [5.74, 6) is 0.489. The Hall–Kier alpha value is -0.190. The molecule has 0 spiro atoms. The first-order valence-electron chi connectivity index (χ1n) is 5.50. The van der Waals surface area contributed by atoms with Crippen LogP contribution in [0.5, 0.6) is 0 Å². The molecule has 0 N–H and O–H groups in total. The van der Waals surface area contributed by atoms with Gasteiger partial charge in [-0.05, 0) is 48.8 Å². The first kappa shape index (κ1) is 12.3. The van der Waals surface area contributed by atoms with E-state index in [4.69, 9.17) is 11.6 Å². The number of rotatable bonds is 2. The number of aromatic nitrogens is 2. The van der Waals surface area contributed by atoms with Gasteiger partial charge in [-0.2, -0.15) is 5.10 Å². The highest BCUT2D eigenvalue weighted by atomic mass is 79.9. The van der Waals surface area contributed by atoms with Gasteiger partial charge in [0.1, 0.15) is 0 Å². The molecule has 1 aliphatic rings. The van der Waals surface area contributed by atoms with Crippen molar-refractivity contribution in [3.8, 4) is 0 Å². The minimum atomic E-state index is 0.433. The van der Waals surface area contributed by atoms with E-state index in [-0.39, 0.29) is 0 Å². The number of hydrogen-bond acceptors (Lipinski definition) is 3. The molecule has 0 saturated carbocycles. The van der Waals surface area contributed by atoms with Crippen molar-refractivity contribution in [2.45, 2.75) is 32.2 Å². The molecule has 1 unspecified atom stereocenters. The first-order valence-corrected chi connectivity index (χ1v) is 6.67. The molecule has 5 heteroatoms. The van der Waals surface area contributed by atoms with Crippen molar-refractivity contribution in [2.24, 2.45) is 0 Å². The topological polar surface area (TPSA) is 29.0 Å². The second kappa shape index (κ2) is 4.98. The molecule has 1 aliphatic heterocycles. The quantitative estimate of drug-likeness (QED) is 0.841. The zero-order valence-corrected chi connectivity index (χ0v) is 11.8. The molecular formula is C11H15BrClN3. The maximum atomic E-state index is 5.84. The van der Waals surface area contributed by atoms with Crippen molar-refractivity contribution >= 4 is 27.5 Å². The van der Waals surface area contributed by atoms with Crippen molar-refractivity contribution in [3.63, 3.8) is 0 Å². The SMILES string of the molecule is CC(C)N1CCC(c2cc(Br)c(Cl)nn2)C1. The Bertz CT molecular complexity index is 383. The lowest BCUT2D eigenvalue weighted by atomic mass is 10.1. The molecule has 16 heavy (non-hydrogen) atoms. The average Bonchev–Trinajstić information content (AvgIpc) is 2.71. The second-order valence-electron chi connectivity index (χ2n) is 4.48. The van der Waals surface area contributed by atoms with Gasteiger partial charge in [0.05, 0.1) is 10.2 Å². The Morgan fingerprint density at radius 3 is 2.81 bits per heavy atom. The summed E-state index contributed by atoms with van der Waals surface area (Å²) in [4.78, 5) is 2.47. The van der Waals surface area contributed by atoms with Gasteiger partial charge in [-0.15, -0.1) is 5.10 Å². The summed E-state index contributed by atoms with van der Waals surface area (Å²) in [5, 5.41) is 8.55. The molecule has 1 aromatic rings. The zero-order chi connectivity index (χ0) is 11.7. The lowest BCUT2D eigenvalue weighted by Gasteiger charge is -2.19. The van der Waals surface area contributed by atoms with Gasteiger partial charge in [0.25, 0.3) is 0 Å². The van der Waals surface area contributed by atoms with Crippen molar-refractivity contribution in [1.29, 1.82) is 0 Å². The van der Waals surface area contributed by atoms with Crippen LogP contribution in [0.3, 0.4) is 0 Å². The fourth-order valence-electron chi connectivity index (χ4n) is 2.06. The predicted octanol–water partition coefficient (Wildman–Crippen LogP) is 3.09. The van der Waals surface area contributed by atoms with Crippen LogP contribution >= 0.6 is 27.5 Å². The van der Waals surface area contributed by atoms with Crippen LogP contribution in [0.2, 0.25) is 5.15 Å². The van der Waals surface area contributed by atoms with E-state index in [1.54, 1.807) is 0 Å². The van der Waals surface area contributed by atoms with Crippen molar-refractivity contribution in [2.75, 3.05) is 13.1 Å². The molecule has 2 heterocycles. The molecule has 0 radical (unpaired) electrons. The molecule has 0 bridgehead atoms. The smallest absolute Gasteiger partial charge is 0.165 e. The molecule has 0 aromatic carbocycles. The Morgan fingerprint density at radius 1 is 1.50 bits per heavy atom. The van der Waals surface area contributed by atoms with E-state index in [0.29, 0.717) is 17.1 Å². The van der Waals surface area contributed by atoms with E-state index in [1.165, 1.54) is 0 Å². The fraction of sp³-hybridized carbons (Fsp3) is 0.636. The van der Waals surface area contributed by atoms with Crippen LogP contribution < -0.4 is 0 Å². The van der Waals surface area contributed by atoms with Crippen LogP contribution in [0.4, 0.5) is 0 Å². The second-order valence-corrected chi connectivity index (χ2v) is 5.69. The van der Waals surface area contributed by atoms with E-state index in [1.807, 2.05) is 6.07 Å². The Balaban J connectivity index is 2.11. The largest absolute Gasteiger partial charge is 0.300 e. The monoisotopic (exact) mass is 303 g/mol. The van der Waals surface area contributed by atoms with E-state index >= 15 is 0 Å². The molecule has 3 nitrogen and oxygen atoms in total. The van der Waals surface area contributed by atoms with Gasteiger partial charge in [-0.3, -0.25) is 0 Å². The summed E-state index contributed by atoms with van der Waals surface area (Å²) in [7, 11) is 0. The highest BCUT2D eigenvalue weighted by Crippen LogP contribution is 2.29. The van der Waals surface area contributed by atoms with E-state index in [9.17, 15) is 0 Å². The third-order valence-corrected chi connectivity index (χ3v) is 4.21. The van der Waals surface area contributed by atoms with Crippen LogP contribution in [0.1, 0.15) is 31.9 Å². The van der Waals surface area contributed by atoms with Crippen molar-refractivity contribution < 1.29 is 0 Å². The number of likely N-dealkylation sites (tertiary alicyclic amines) is 1.